The van der Waals surface area contributed by atoms with E-state index >= 15 is 0 Å². The van der Waals surface area contributed by atoms with Gasteiger partial charge in [0.15, 0.2) is 0 Å². The van der Waals surface area contributed by atoms with E-state index in [0.29, 0.717) is 6.54 Å². The molecule has 0 bridgehead atoms. The monoisotopic (exact) mass is 344 g/mol. The van der Waals surface area contributed by atoms with Gasteiger partial charge in [0.2, 0.25) is 0 Å². The molecule has 106 valence electrons. The van der Waals surface area contributed by atoms with Crippen LogP contribution in [0.3, 0.4) is 0 Å². The number of halogens is 1. The molecule has 4 nitrogen and oxygen atoms in total. The van der Waals surface area contributed by atoms with E-state index in [9.17, 15) is 10.1 Å². The van der Waals surface area contributed by atoms with Crippen LogP contribution in [-0.4, -0.2) is 11.1 Å². The minimum atomic E-state index is -0.409. The number of rotatable bonds is 5. The lowest BCUT2D eigenvalue weighted by molar-refractivity contribution is -0.384. The summed E-state index contributed by atoms with van der Waals surface area (Å²) in [6.45, 7) is 0.503. The third-order valence-electron chi connectivity index (χ3n) is 2.77. The van der Waals surface area contributed by atoms with Crippen LogP contribution in [0.15, 0.2) is 64.1 Å². The summed E-state index contributed by atoms with van der Waals surface area (Å²) in [5.74, 6) is 0. The largest absolute Gasteiger partial charge is 0.288 e. The van der Waals surface area contributed by atoms with Crippen molar-refractivity contribution in [2.24, 2.45) is 4.99 Å². The molecule has 0 saturated heterocycles. The highest BCUT2D eigenvalue weighted by atomic mass is 79.9. The number of nitro groups is 1. The van der Waals surface area contributed by atoms with Gasteiger partial charge in [0, 0.05) is 22.8 Å². The highest BCUT2D eigenvalue weighted by molar-refractivity contribution is 9.10. The Morgan fingerprint density at radius 1 is 1.10 bits per heavy atom. The molecule has 0 aliphatic carbocycles. The second kappa shape index (κ2) is 7.50. The number of hydrogen-bond acceptors (Lipinski definition) is 3. The topological polar surface area (TPSA) is 55.5 Å². The summed E-state index contributed by atoms with van der Waals surface area (Å²) in [5, 5.41) is 10.5. The van der Waals surface area contributed by atoms with Crippen molar-refractivity contribution in [1.82, 2.24) is 0 Å². The molecular formula is C16H13BrN2O2. The summed E-state index contributed by atoms with van der Waals surface area (Å²) in [4.78, 5) is 14.4. The fourth-order valence-electron chi connectivity index (χ4n) is 1.67. The van der Waals surface area contributed by atoms with Gasteiger partial charge in [-0.3, -0.25) is 15.1 Å². The second-order valence-corrected chi connectivity index (χ2v) is 5.24. The second-order valence-electron chi connectivity index (χ2n) is 4.32. The Balaban J connectivity index is 1.87. The number of benzene rings is 2. The van der Waals surface area contributed by atoms with Gasteiger partial charge in [-0.15, -0.1) is 0 Å². The highest BCUT2D eigenvalue weighted by Gasteiger charge is 2.02. The van der Waals surface area contributed by atoms with Crippen molar-refractivity contribution in [3.63, 3.8) is 0 Å². The number of nitro benzene ring substituents is 1. The fourth-order valence-corrected chi connectivity index (χ4v) is 1.93. The van der Waals surface area contributed by atoms with Crippen LogP contribution in [0.1, 0.15) is 11.1 Å². The van der Waals surface area contributed by atoms with E-state index in [1.54, 1.807) is 18.3 Å². The van der Waals surface area contributed by atoms with Gasteiger partial charge in [-0.25, -0.2) is 0 Å². The first-order valence-corrected chi connectivity index (χ1v) is 7.10. The molecule has 0 fully saturated rings. The maximum Gasteiger partial charge on any atom is 0.269 e. The minimum absolute atomic E-state index is 0.0952. The van der Waals surface area contributed by atoms with E-state index in [1.165, 1.54) is 12.1 Å². The average Bonchev–Trinajstić information content (AvgIpc) is 2.49. The smallest absolute Gasteiger partial charge is 0.269 e. The van der Waals surface area contributed by atoms with Crippen LogP contribution < -0.4 is 0 Å². The predicted octanol–water partition coefficient (Wildman–Crippen LogP) is 4.64. The van der Waals surface area contributed by atoms with Crippen LogP contribution in [0.2, 0.25) is 0 Å². The van der Waals surface area contributed by atoms with Gasteiger partial charge in [0.1, 0.15) is 0 Å². The molecule has 0 aliphatic rings. The molecule has 0 spiro atoms. The third kappa shape index (κ3) is 4.96. The molecule has 0 aromatic heterocycles. The van der Waals surface area contributed by atoms with Gasteiger partial charge in [0.05, 0.1) is 11.5 Å². The molecule has 0 aliphatic heterocycles. The van der Waals surface area contributed by atoms with Gasteiger partial charge in [-0.05, 0) is 29.3 Å². The number of non-ortho nitro benzene ring substituents is 1. The summed E-state index contributed by atoms with van der Waals surface area (Å²) in [5.41, 5.74) is 2.13. The van der Waals surface area contributed by atoms with Crippen LogP contribution in [0, 0.1) is 10.1 Å². The van der Waals surface area contributed by atoms with Gasteiger partial charge in [-0.2, -0.15) is 0 Å². The molecular weight excluding hydrogens is 332 g/mol. The van der Waals surface area contributed by atoms with Crippen molar-refractivity contribution in [3.8, 4) is 0 Å². The Hall–Kier alpha value is -2.27. The Bertz CT molecular complexity index is 662. The Labute approximate surface area is 131 Å². The Morgan fingerprint density at radius 3 is 2.38 bits per heavy atom. The van der Waals surface area contributed by atoms with Crippen LogP contribution >= 0.6 is 15.9 Å². The molecule has 2 aromatic rings. The fraction of sp³-hybridized carbons (Fsp3) is 0.0625. The van der Waals surface area contributed by atoms with Crippen LogP contribution in [0.5, 0.6) is 0 Å². The lowest BCUT2D eigenvalue weighted by Crippen LogP contribution is -1.88. The summed E-state index contributed by atoms with van der Waals surface area (Å²) in [6, 6.07) is 14.4. The molecule has 0 atom stereocenters. The summed E-state index contributed by atoms with van der Waals surface area (Å²) in [6.07, 6.45) is 5.56. The van der Waals surface area contributed by atoms with Crippen molar-refractivity contribution in [2.75, 3.05) is 0 Å². The minimum Gasteiger partial charge on any atom is -0.288 e. The Kier molecular flexibility index (Phi) is 5.40. The zero-order valence-electron chi connectivity index (χ0n) is 11.1. The maximum atomic E-state index is 10.5. The first-order valence-electron chi connectivity index (χ1n) is 6.30. The molecule has 21 heavy (non-hydrogen) atoms. The first kappa shape index (κ1) is 15.1. The Morgan fingerprint density at radius 2 is 1.76 bits per heavy atom. The summed E-state index contributed by atoms with van der Waals surface area (Å²) >= 11 is 3.39. The van der Waals surface area contributed by atoms with E-state index in [-0.39, 0.29) is 5.69 Å². The van der Waals surface area contributed by atoms with Crippen molar-refractivity contribution < 1.29 is 4.92 Å². The van der Waals surface area contributed by atoms with E-state index in [4.69, 9.17) is 0 Å². The average molecular weight is 345 g/mol. The molecule has 0 N–H and O–H groups in total. The third-order valence-corrected chi connectivity index (χ3v) is 3.30. The standard InChI is InChI=1S/C16H13BrN2O2/c17-15-7-3-13(4-8-15)2-1-11-18-12-14-5-9-16(10-6-14)19(20)21/h1-11H,12H2/b2-1+,18-11+. The van der Waals surface area contributed by atoms with E-state index in [0.717, 1.165) is 15.6 Å². The highest BCUT2D eigenvalue weighted by Crippen LogP contribution is 2.13. The molecule has 5 heteroatoms. The molecule has 0 amide bonds. The van der Waals surface area contributed by atoms with E-state index in [1.807, 2.05) is 36.4 Å². The number of hydrogen-bond donors (Lipinski definition) is 0. The molecule has 2 aromatic carbocycles. The molecule has 0 heterocycles. The number of nitrogens with zero attached hydrogens (tertiary/aromatic N) is 2. The van der Waals surface area contributed by atoms with Gasteiger partial charge in [0.25, 0.3) is 5.69 Å². The summed E-state index contributed by atoms with van der Waals surface area (Å²) < 4.78 is 1.05. The molecule has 0 radical (unpaired) electrons. The van der Waals surface area contributed by atoms with Gasteiger partial charge < -0.3 is 0 Å². The van der Waals surface area contributed by atoms with Gasteiger partial charge >= 0.3 is 0 Å². The number of aliphatic imine (C=N–C) groups is 1. The zero-order chi connectivity index (χ0) is 15.1. The van der Waals surface area contributed by atoms with E-state index in [2.05, 4.69) is 20.9 Å². The predicted molar refractivity (Wildman–Crippen MR) is 88.5 cm³/mol. The number of allylic oxidation sites excluding steroid dienone is 1. The van der Waals surface area contributed by atoms with Gasteiger partial charge in [-0.1, -0.05) is 46.3 Å². The maximum absolute atomic E-state index is 10.5. The van der Waals surface area contributed by atoms with Crippen molar-refractivity contribution in [2.45, 2.75) is 6.54 Å². The molecule has 0 unspecified atom stereocenters. The van der Waals surface area contributed by atoms with Crippen molar-refractivity contribution >= 4 is 33.9 Å². The molecule has 0 saturated carbocycles. The SMILES string of the molecule is O=[N+]([O-])c1ccc(C/N=C/C=C/c2ccc(Br)cc2)cc1. The lowest BCUT2D eigenvalue weighted by Gasteiger charge is -1.95. The normalized spacial score (nSPS) is 11.3. The lowest BCUT2D eigenvalue weighted by atomic mass is 10.2. The van der Waals surface area contributed by atoms with Crippen LogP contribution in [0.4, 0.5) is 5.69 Å². The quantitative estimate of drug-likeness (QED) is 0.450. The van der Waals surface area contributed by atoms with Crippen molar-refractivity contribution in [1.29, 1.82) is 0 Å². The van der Waals surface area contributed by atoms with Crippen LogP contribution in [0.25, 0.3) is 6.08 Å². The zero-order valence-corrected chi connectivity index (χ0v) is 12.7. The molecule has 2 rings (SSSR count). The van der Waals surface area contributed by atoms with E-state index < -0.39 is 4.92 Å². The first-order chi connectivity index (χ1) is 10.1. The van der Waals surface area contributed by atoms with Crippen LogP contribution in [-0.2, 0) is 6.54 Å². The summed E-state index contributed by atoms with van der Waals surface area (Å²) in [7, 11) is 0. The van der Waals surface area contributed by atoms with Crippen molar-refractivity contribution in [3.05, 3.63) is 80.3 Å².